The summed E-state index contributed by atoms with van der Waals surface area (Å²) in [6.45, 7) is 9.86. The van der Waals surface area contributed by atoms with Crippen LogP contribution in [0.15, 0.2) is 72.9 Å². The molecule has 0 saturated carbocycles. The number of pyridine rings is 1. The molecular formula is C33H37N5O3S. The Labute approximate surface area is 252 Å². The van der Waals surface area contributed by atoms with Crippen molar-refractivity contribution < 1.29 is 14.3 Å². The van der Waals surface area contributed by atoms with E-state index in [0.717, 1.165) is 39.8 Å². The molecular weight excluding hydrogens is 546 g/mol. The third kappa shape index (κ3) is 5.44. The summed E-state index contributed by atoms with van der Waals surface area (Å²) in [5.41, 5.74) is 6.10. The molecule has 3 heterocycles. The standard InChI is InChI=1S/C33H37N5O3S/c1-20-17-25(21(2)37(20)22-11-10-12-24(18-22)40-6)30-29(27-13-8-9-16-34-27)36-32(42)38(30)23-14-15-26(28(19-23)41-7)35-31(39)33(3,4)5/h8-19,29-30H,1-7H3,(H,35,39)(H,36,42)/t29-,30-/m1/s1. The van der Waals surface area contributed by atoms with Crippen LogP contribution in [0.1, 0.15) is 55.5 Å². The molecule has 2 N–H and O–H groups in total. The van der Waals surface area contributed by atoms with E-state index in [2.05, 4.69) is 46.1 Å². The van der Waals surface area contributed by atoms with Crippen molar-refractivity contribution in [1.29, 1.82) is 0 Å². The number of benzene rings is 2. The fourth-order valence-corrected chi connectivity index (χ4v) is 5.77. The first-order chi connectivity index (χ1) is 20.0. The second-order valence-electron chi connectivity index (χ2n) is 11.4. The number of nitrogens with zero attached hydrogens (tertiary/aromatic N) is 3. The van der Waals surface area contributed by atoms with Gasteiger partial charge in [0.05, 0.1) is 37.7 Å². The molecule has 5 rings (SSSR count). The first kappa shape index (κ1) is 29.1. The zero-order valence-electron chi connectivity index (χ0n) is 25.1. The van der Waals surface area contributed by atoms with Crippen LogP contribution in [0.25, 0.3) is 5.69 Å². The zero-order valence-corrected chi connectivity index (χ0v) is 25.9. The number of aromatic nitrogens is 2. The van der Waals surface area contributed by atoms with Gasteiger partial charge in [0.25, 0.3) is 0 Å². The fourth-order valence-electron chi connectivity index (χ4n) is 5.43. The van der Waals surface area contributed by atoms with E-state index in [4.69, 9.17) is 26.7 Å². The second kappa shape index (κ2) is 11.5. The summed E-state index contributed by atoms with van der Waals surface area (Å²) >= 11 is 5.97. The molecule has 1 saturated heterocycles. The predicted octanol–water partition coefficient (Wildman–Crippen LogP) is 6.67. The number of aryl methyl sites for hydroxylation is 1. The number of hydrogen-bond donors (Lipinski definition) is 2. The van der Waals surface area contributed by atoms with Crippen molar-refractivity contribution in [3.8, 4) is 17.2 Å². The Hall–Kier alpha value is -4.37. The van der Waals surface area contributed by atoms with Crippen LogP contribution in [0.3, 0.4) is 0 Å². The van der Waals surface area contributed by atoms with Crippen molar-refractivity contribution in [1.82, 2.24) is 14.9 Å². The van der Waals surface area contributed by atoms with Gasteiger partial charge in [-0.3, -0.25) is 9.78 Å². The van der Waals surface area contributed by atoms with E-state index in [0.29, 0.717) is 16.5 Å². The summed E-state index contributed by atoms with van der Waals surface area (Å²) in [6, 6.07) is 21.5. The molecule has 0 bridgehead atoms. The number of hydrogen-bond acceptors (Lipinski definition) is 5. The lowest BCUT2D eigenvalue weighted by molar-refractivity contribution is -0.123. The van der Waals surface area contributed by atoms with Gasteiger partial charge in [0.1, 0.15) is 11.5 Å². The van der Waals surface area contributed by atoms with Gasteiger partial charge in [0, 0.05) is 46.5 Å². The van der Waals surface area contributed by atoms with Gasteiger partial charge in [-0.25, -0.2) is 0 Å². The topological polar surface area (TPSA) is 80.7 Å². The molecule has 1 fully saturated rings. The van der Waals surface area contributed by atoms with Gasteiger partial charge in [-0.1, -0.05) is 32.9 Å². The van der Waals surface area contributed by atoms with Crippen molar-refractivity contribution in [2.45, 2.75) is 46.7 Å². The quantitative estimate of drug-likeness (QED) is 0.235. The van der Waals surface area contributed by atoms with Gasteiger partial charge in [-0.2, -0.15) is 0 Å². The number of rotatable bonds is 7. The summed E-state index contributed by atoms with van der Waals surface area (Å²) in [5, 5.41) is 7.12. The first-order valence-corrected chi connectivity index (χ1v) is 14.3. The molecule has 1 aliphatic heterocycles. The Bertz CT molecular complexity index is 1630. The van der Waals surface area contributed by atoms with Crippen LogP contribution in [0.4, 0.5) is 11.4 Å². The van der Waals surface area contributed by atoms with Crippen LogP contribution >= 0.6 is 12.2 Å². The number of methoxy groups -OCH3 is 2. The minimum Gasteiger partial charge on any atom is -0.497 e. The SMILES string of the molecule is COc1cccc(-n2c(C)cc([C@@H]3[C@@H](c4ccccn4)NC(=S)N3c3ccc(NC(=O)C(C)(C)C)c(OC)c3)c2C)c1. The summed E-state index contributed by atoms with van der Waals surface area (Å²) in [4.78, 5) is 19.5. The van der Waals surface area contributed by atoms with E-state index in [1.54, 1.807) is 20.4 Å². The largest absolute Gasteiger partial charge is 0.497 e. The number of nitrogens with one attached hydrogen (secondary N) is 2. The predicted molar refractivity (Wildman–Crippen MR) is 171 cm³/mol. The summed E-state index contributed by atoms with van der Waals surface area (Å²) in [6.07, 6.45) is 1.80. The van der Waals surface area contributed by atoms with E-state index in [9.17, 15) is 4.79 Å². The van der Waals surface area contributed by atoms with Gasteiger partial charge in [-0.05, 0) is 74.1 Å². The Balaban J connectivity index is 1.63. The Morgan fingerprint density at radius 2 is 1.76 bits per heavy atom. The van der Waals surface area contributed by atoms with Crippen LogP contribution in [0.5, 0.6) is 11.5 Å². The van der Waals surface area contributed by atoms with E-state index in [-0.39, 0.29) is 18.0 Å². The number of carbonyl (C=O) groups is 1. The number of carbonyl (C=O) groups excluding carboxylic acids is 1. The van der Waals surface area contributed by atoms with Gasteiger partial charge in [-0.15, -0.1) is 0 Å². The van der Waals surface area contributed by atoms with Crippen LogP contribution < -0.4 is 25.0 Å². The maximum Gasteiger partial charge on any atom is 0.229 e. The maximum atomic E-state index is 12.7. The molecule has 2 aromatic heterocycles. The number of thiocarbonyl (C=S) groups is 1. The van der Waals surface area contributed by atoms with Gasteiger partial charge < -0.3 is 29.6 Å². The van der Waals surface area contributed by atoms with Gasteiger partial charge >= 0.3 is 0 Å². The number of ether oxygens (including phenoxy) is 2. The average Bonchev–Trinajstić information content (AvgIpc) is 3.47. The highest BCUT2D eigenvalue weighted by Gasteiger charge is 2.42. The van der Waals surface area contributed by atoms with Crippen molar-refractivity contribution in [2.24, 2.45) is 5.41 Å². The van der Waals surface area contributed by atoms with Crippen molar-refractivity contribution >= 4 is 34.6 Å². The van der Waals surface area contributed by atoms with Crippen LogP contribution in [0.2, 0.25) is 0 Å². The normalized spacial score (nSPS) is 16.7. The average molecular weight is 584 g/mol. The Kier molecular flexibility index (Phi) is 7.97. The lowest BCUT2D eigenvalue weighted by atomic mass is 9.95. The minimum atomic E-state index is -0.545. The fraction of sp³-hybridized carbons (Fsp3) is 0.303. The molecule has 4 aromatic rings. The Morgan fingerprint density at radius 3 is 2.43 bits per heavy atom. The molecule has 0 radical (unpaired) electrons. The van der Waals surface area contributed by atoms with Crippen LogP contribution in [-0.2, 0) is 4.79 Å². The van der Waals surface area contributed by atoms with Crippen molar-refractivity contribution in [2.75, 3.05) is 24.4 Å². The van der Waals surface area contributed by atoms with E-state index >= 15 is 0 Å². The number of amides is 1. The van der Waals surface area contributed by atoms with Crippen LogP contribution in [0, 0.1) is 19.3 Å². The molecule has 0 aliphatic carbocycles. The second-order valence-corrected chi connectivity index (χ2v) is 11.8. The molecule has 9 heteroatoms. The molecule has 2 atom stereocenters. The van der Waals surface area contributed by atoms with Gasteiger partial charge in [0.15, 0.2) is 5.11 Å². The summed E-state index contributed by atoms with van der Waals surface area (Å²) in [7, 11) is 3.27. The molecule has 0 spiro atoms. The highest BCUT2D eigenvalue weighted by atomic mass is 32.1. The summed E-state index contributed by atoms with van der Waals surface area (Å²) < 4.78 is 13.5. The monoisotopic (exact) mass is 583 g/mol. The van der Waals surface area contributed by atoms with Crippen molar-refractivity contribution in [3.63, 3.8) is 0 Å². The highest BCUT2D eigenvalue weighted by molar-refractivity contribution is 7.80. The first-order valence-electron chi connectivity index (χ1n) is 13.9. The lowest BCUT2D eigenvalue weighted by Crippen LogP contribution is -2.30. The highest BCUT2D eigenvalue weighted by Crippen LogP contribution is 2.45. The zero-order chi connectivity index (χ0) is 30.2. The maximum absolute atomic E-state index is 12.7. The van der Waals surface area contributed by atoms with E-state index < -0.39 is 5.41 Å². The van der Waals surface area contributed by atoms with E-state index in [1.807, 2.05) is 75.4 Å². The van der Waals surface area contributed by atoms with Crippen molar-refractivity contribution in [3.05, 3.63) is 95.6 Å². The van der Waals surface area contributed by atoms with Crippen LogP contribution in [-0.4, -0.2) is 34.8 Å². The molecule has 42 heavy (non-hydrogen) atoms. The molecule has 2 aromatic carbocycles. The molecule has 0 unspecified atom stereocenters. The van der Waals surface area contributed by atoms with Gasteiger partial charge in [0.2, 0.25) is 5.91 Å². The van der Waals surface area contributed by atoms with E-state index in [1.165, 1.54) is 0 Å². The number of anilines is 2. The molecule has 1 aliphatic rings. The lowest BCUT2D eigenvalue weighted by Gasteiger charge is -2.29. The third-order valence-electron chi connectivity index (χ3n) is 7.59. The third-order valence-corrected chi connectivity index (χ3v) is 7.91. The molecule has 8 nitrogen and oxygen atoms in total. The smallest absolute Gasteiger partial charge is 0.229 e. The molecule has 1 amide bonds. The Morgan fingerprint density at radius 1 is 0.976 bits per heavy atom. The minimum absolute atomic E-state index is 0.0926. The summed E-state index contributed by atoms with van der Waals surface area (Å²) in [5.74, 6) is 1.25. The molecule has 218 valence electrons.